The third kappa shape index (κ3) is 6.88. The second-order valence-electron chi connectivity index (χ2n) is 10.7. The molecular weight excluding hydrogens is 412 g/mol. The van der Waals surface area contributed by atoms with Crippen molar-refractivity contribution in [3.8, 4) is 0 Å². The molecule has 0 aromatic heterocycles. The van der Waals surface area contributed by atoms with Crippen molar-refractivity contribution in [1.82, 2.24) is 0 Å². The van der Waals surface area contributed by atoms with Gasteiger partial charge in [0.25, 0.3) is 0 Å². The highest BCUT2D eigenvalue weighted by atomic mass is 15.0. The highest BCUT2D eigenvalue weighted by Gasteiger charge is 2.28. The molecule has 0 heterocycles. The van der Waals surface area contributed by atoms with Gasteiger partial charge in [-0.2, -0.15) is 0 Å². The lowest BCUT2D eigenvalue weighted by Crippen LogP contribution is -2.24. The number of para-hydroxylation sites is 3. The minimum Gasteiger partial charge on any atom is -0.380 e. The van der Waals surface area contributed by atoms with Crippen LogP contribution in [0.4, 0.5) is 17.1 Å². The molecule has 2 aromatic rings. The predicted octanol–water partition coefficient (Wildman–Crippen LogP) is 9.83. The van der Waals surface area contributed by atoms with E-state index in [1.165, 1.54) is 28.0 Å². The minimum absolute atomic E-state index is 0.0305. The maximum atomic E-state index is 4.39. The van der Waals surface area contributed by atoms with E-state index in [4.69, 9.17) is 0 Å². The van der Waals surface area contributed by atoms with E-state index in [-0.39, 0.29) is 5.41 Å². The summed E-state index contributed by atoms with van der Waals surface area (Å²) in [5, 5.41) is 7.42. The van der Waals surface area contributed by atoms with Gasteiger partial charge in [-0.3, -0.25) is 0 Å². The Hall–Kier alpha value is -2.74. The van der Waals surface area contributed by atoms with Crippen LogP contribution in [-0.4, -0.2) is 6.54 Å². The van der Waals surface area contributed by atoms with Crippen molar-refractivity contribution in [2.45, 2.75) is 73.6 Å². The second-order valence-corrected chi connectivity index (χ2v) is 10.7. The SMILES string of the molecule is C=C(CNc1ccccc1Nc1c(C(C)C)cccc1C(C)C)CC(C)C(C)(C)C(=C)/C=C\C. The number of allylic oxidation sites excluding steroid dienone is 3. The normalized spacial score (nSPS) is 12.9. The summed E-state index contributed by atoms with van der Waals surface area (Å²) in [6.45, 7) is 27.3. The fraction of sp³-hybridized carbons (Fsp3) is 0.438. The Morgan fingerprint density at radius 1 is 0.882 bits per heavy atom. The molecule has 1 unspecified atom stereocenters. The van der Waals surface area contributed by atoms with Crippen LogP contribution in [-0.2, 0) is 0 Å². The van der Waals surface area contributed by atoms with Crippen molar-refractivity contribution in [2.75, 3.05) is 17.2 Å². The van der Waals surface area contributed by atoms with Gasteiger partial charge in [-0.25, -0.2) is 0 Å². The fourth-order valence-electron chi connectivity index (χ4n) is 4.29. The van der Waals surface area contributed by atoms with Crippen LogP contribution in [0.2, 0.25) is 0 Å². The van der Waals surface area contributed by atoms with Crippen LogP contribution in [0.25, 0.3) is 0 Å². The van der Waals surface area contributed by atoms with Gasteiger partial charge in [-0.1, -0.05) is 110 Å². The maximum Gasteiger partial charge on any atom is 0.0620 e. The van der Waals surface area contributed by atoms with Crippen LogP contribution in [0.1, 0.15) is 84.8 Å². The Labute approximate surface area is 209 Å². The van der Waals surface area contributed by atoms with E-state index in [0.717, 1.165) is 24.3 Å². The molecule has 0 saturated carbocycles. The third-order valence-electron chi connectivity index (χ3n) is 7.11. The Kier molecular flexibility index (Phi) is 9.79. The number of hydrogen-bond donors (Lipinski definition) is 2. The third-order valence-corrected chi connectivity index (χ3v) is 7.11. The summed E-state index contributed by atoms with van der Waals surface area (Å²) in [6.07, 6.45) is 5.15. The van der Waals surface area contributed by atoms with E-state index >= 15 is 0 Å². The van der Waals surface area contributed by atoms with Crippen molar-refractivity contribution >= 4 is 17.1 Å². The first kappa shape index (κ1) is 27.5. The predicted molar refractivity (Wildman–Crippen MR) is 153 cm³/mol. The van der Waals surface area contributed by atoms with Crippen LogP contribution in [0, 0.1) is 11.3 Å². The molecule has 0 fully saturated rings. The number of rotatable bonds is 12. The van der Waals surface area contributed by atoms with Crippen LogP contribution in [0.15, 0.2) is 78.9 Å². The first-order valence-electron chi connectivity index (χ1n) is 12.7. The minimum atomic E-state index is 0.0305. The van der Waals surface area contributed by atoms with Gasteiger partial charge in [0, 0.05) is 12.2 Å². The molecule has 184 valence electrons. The van der Waals surface area contributed by atoms with Gasteiger partial charge >= 0.3 is 0 Å². The molecule has 2 aromatic carbocycles. The zero-order valence-electron chi connectivity index (χ0n) is 22.8. The van der Waals surface area contributed by atoms with Crippen molar-refractivity contribution < 1.29 is 0 Å². The van der Waals surface area contributed by atoms with Gasteiger partial charge in [-0.05, 0) is 65.3 Å². The lowest BCUT2D eigenvalue weighted by atomic mass is 9.72. The largest absolute Gasteiger partial charge is 0.380 e. The van der Waals surface area contributed by atoms with Crippen LogP contribution < -0.4 is 10.6 Å². The lowest BCUT2D eigenvalue weighted by Gasteiger charge is -2.33. The summed E-state index contributed by atoms with van der Waals surface area (Å²) in [5.41, 5.74) is 8.53. The smallest absolute Gasteiger partial charge is 0.0620 e. The molecule has 2 N–H and O–H groups in total. The zero-order valence-corrected chi connectivity index (χ0v) is 22.8. The maximum absolute atomic E-state index is 4.39. The fourth-order valence-corrected chi connectivity index (χ4v) is 4.29. The molecule has 1 atom stereocenters. The van der Waals surface area contributed by atoms with Gasteiger partial charge in [0.1, 0.15) is 0 Å². The summed E-state index contributed by atoms with van der Waals surface area (Å²) >= 11 is 0. The van der Waals surface area contributed by atoms with Crippen molar-refractivity contribution in [3.05, 3.63) is 90.0 Å². The molecule has 2 heteroatoms. The van der Waals surface area contributed by atoms with Gasteiger partial charge in [0.05, 0.1) is 11.4 Å². The monoisotopic (exact) mass is 458 g/mol. The average molecular weight is 459 g/mol. The molecule has 2 rings (SSSR count). The molecule has 34 heavy (non-hydrogen) atoms. The van der Waals surface area contributed by atoms with Gasteiger partial charge in [0.15, 0.2) is 0 Å². The zero-order chi connectivity index (χ0) is 25.5. The Morgan fingerprint density at radius 3 is 1.97 bits per heavy atom. The van der Waals surface area contributed by atoms with E-state index in [2.05, 4.69) is 127 Å². The average Bonchev–Trinajstić information content (AvgIpc) is 2.78. The first-order valence-corrected chi connectivity index (χ1v) is 12.7. The summed E-state index contributed by atoms with van der Waals surface area (Å²) in [4.78, 5) is 0. The standard InChI is InChI=1S/C32H46N2/c1-11-15-25(7)32(9,10)26(8)20-24(6)21-33-29-18-12-13-19-30(29)34-31-27(22(2)3)16-14-17-28(31)23(4)5/h11-19,22-23,26,33-34H,6-7,20-21H2,1-5,8-10H3/b15-11-. The molecule has 2 nitrogen and oxygen atoms in total. The molecule has 0 aliphatic carbocycles. The van der Waals surface area contributed by atoms with E-state index in [0.29, 0.717) is 17.8 Å². The van der Waals surface area contributed by atoms with Crippen molar-refractivity contribution in [1.29, 1.82) is 0 Å². The topological polar surface area (TPSA) is 24.1 Å². The Morgan fingerprint density at radius 2 is 1.44 bits per heavy atom. The molecule has 0 saturated heterocycles. The summed E-state index contributed by atoms with van der Waals surface area (Å²) in [6, 6.07) is 15.1. The first-order chi connectivity index (χ1) is 16.0. The highest BCUT2D eigenvalue weighted by molar-refractivity contribution is 5.77. The lowest BCUT2D eigenvalue weighted by molar-refractivity contribution is 0.291. The number of anilines is 3. The quantitative estimate of drug-likeness (QED) is 0.244. The van der Waals surface area contributed by atoms with E-state index < -0.39 is 0 Å². The molecule has 0 aliphatic heterocycles. The number of hydrogen-bond acceptors (Lipinski definition) is 2. The van der Waals surface area contributed by atoms with Crippen LogP contribution >= 0.6 is 0 Å². The van der Waals surface area contributed by atoms with E-state index in [1.807, 2.05) is 6.92 Å². The molecule has 0 aliphatic rings. The highest BCUT2D eigenvalue weighted by Crippen LogP contribution is 2.39. The number of benzene rings is 2. The molecule has 0 bridgehead atoms. The Bertz CT molecular complexity index is 981. The number of nitrogens with one attached hydrogen (secondary N) is 2. The van der Waals surface area contributed by atoms with Crippen molar-refractivity contribution in [2.24, 2.45) is 11.3 Å². The van der Waals surface area contributed by atoms with Crippen LogP contribution in [0.5, 0.6) is 0 Å². The van der Waals surface area contributed by atoms with Gasteiger partial charge < -0.3 is 10.6 Å². The van der Waals surface area contributed by atoms with Gasteiger partial charge in [-0.15, -0.1) is 0 Å². The van der Waals surface area contributed by atoms with E-state index in [1.54, 1.807) is 0 Å². The second kappa shape index (κ2) is 12.1. The van der Waals surface area contributed by atoms with Gasteiger partial charge in [0.2, 0.25) is 0 Å². The molecule has 0 amide bonds. The Balaban J connectivity index is 2.18. The summed E-state index contributed by atoms with van der Waals surface area (Å²) in [5.74, 6) is 1.34. The summed E-state index contributed by atoms with van der Waals surface area (Å²) < 4.78 is 0. The molecule has 0 radical (unpaired) electrons. The van der Waals surface area contributed by atoms with Crippen LogP contribution in [0.3, 0.4) is 0 Å². The summed E-state index contributed by atoms with van der Waals surface area (Å²) in [7, 11) is 0. The van der Waals surface area contributed by atoms with Crippen molar-refractivity contribution in [3.63, 3.8) is 0 Å². The molecule has 0 spiro atoms. The van der Waals surface area contributed by atoms with E-state index in [9.17, 15) is 0 Å². The molecular formula is C32H46N2.